The molecule has 0 bridgehead atoms. The van der Waals surface area contributed by atoms with Crippen molar-refractivity contribution in [3.8, 4) is 11.4 Å². The molecule has 6 nitrogen and oxygen atoms in total. The highest BCUT2D eigenvalue weighted by Crippen LogP contribution is 2.23. The molecular formula is C20H20N3O3S-. The maximum atomic E-state index is 10.7. The molecule has 0 saturated heterocycles. The van der Waals surface area contributed by atoms with E-state index in [0.717, 1.165) is 17.9 Å². The number of thioether (sulfide) groups is 1. The topological polar surface area (TPSA) is 80.1 Å². The summed E-state index contributed by atoms with van der Waals surface area (Å²) in [5.41, 5.74) is 2.15. The van der Waals surface area contributed by atoms with Crippen molar-refractivity contribution in [3.05, 3.63) is 66.0 Å². The number of aliphatic carboxylic acids is 1. The second-order valence-electron chi connectivity index (χ2n) is 5.83. The molecule has 0 saturated carbocycles. The molecule has 1 heterocycles. The molecule has 0 radical (unpaired) electrons. The maximum Gasteiger partial charge on any atom is 0.195 e. The number of hydrogen-bond acceptors (Lipinski definition) is 6. The summed E-state index contributed by atoms with van der Waals surface area (Å²) in [7, 11) is 0. The standard InChI is InChI=1S/C20H21N3O3S/c1-2-15-8-10-17(11-9-15)26-14-18-21-22-20(27-13-12-19(24)25)23(18)16-6-4-3-5-7-16/h3-11H,2,12-14H2,1H3,(H,24,25)/p-1. The highest BCUT2D eigenvalue weighted by atomic mass is 32.2. The zero-order valence-electron chi connectivity index (χ0n) is 15.0. The molecule has 140 valence electrons. The molecule has 0 aliphatic heterocycles. The lowest BCUT2D eigenvalue weighted by Gasteiger charge is -2.11. The molecule has 7 heteroatoms. The van der Waals surface area contributed by atoms with Gasteiger partial charge in [0.15, 0.2) is 11.0 Å². The molecular weight excluding hydrogens is 362 g/mol. The van der Waals surface area contributed by atoms with E-state index in [4.69, 9.17) is 4.74 Å². The minimum atomic E-state index is -1.08. The molecule has 3 aromatic rings. The van der Waals surface area contributed by atoms with E-state index in [1.807, 2.05) is 59.2 Å². The van der Waals surface area contributed by atoms with E-state index in [-0.39, 0.29) is 13.0 Å². The van der Waals surface area contributed by atoms with Crippen molar-refractivity contribution in [2.24, 2.45) is 0 Å². The van der Waals surface area contributed by atoms with E-state index in [0.29, 0.717) is 16.7 Å². The SMILES string of the molecule is CCc1ccc(OCc2nnc(SCCC(=O)[O-])n2-c2ccccc2)cc1. The van der Waals surface area contributed by atoms with Gasteiger partial charge in [-0.1, -0.05) is 49.0 Å². The highest BCUT2D eigenvalue weighted by molar-refractivity contribution is 7.99. The third-order valence-electron chi connectivity index (χ3n) is 3.95. The van der Waals surface area contributed by atoms with Crippen LogP contribution in [0.2, 0.25) is 0 Å². The largest absolute Gasteiger partial charge is 0.550 e. The van der Waals surface area contributed by atoms with Crippen molar-refractivity contribution >= 4 is 17.7 Å². The Hall–Kier alpha value is -2.80. The van der Waals surface area contributed by atoms with Crippen LogP contribution in [0, 0.1) is 0 Å². The fraction of sp³-hybridized carbons (Fsp3) is 0.250. The average Bonchev–Trinajstić information content (AvgIpc) is 3.10. The molecule has 27 heavy (non-hydrogen) atoms. The van der Waals surface area contributed by atoms with Gasteiger partial charge in [-0.25, -0.2) is 0 Å². The Labute approximate surface area is 162 Å². The first-order valence-electron chi connectivity index (χ1n) is 8.71. The van der Waals surface area contributed by atoms with Crippen molar-refractivity contribution in [1.29, 1.82) is 0 Å². The van der Waals surface area contributed by atoms with E-state index >= 15 is 0 Å². The van der Waals surface area contributed by atoms with E-state index in [1.165, 1.54) is 17.3 Å². The number of para-hydroxylation sites is 1. The molecule has 0 N–H and O–H groups in total. The molecule has 0 spiro atoms. The lowest BCUT2D eigenvalue weighted by atomic mass is 10.2. The summed E-state index contributed by atoms with van der Waals surface area (Å²) in [5.74, 6) is 0.706. The summed E-state index contributed by atoms with van der Waals surface area (Å²) in [4.78, 5) is 10.7. The van der Waals surface area contributed by atoms with Crippen LogP contribution in [0.1, 0.15) is 24.7 Å². The van der Waals surface area contributed by atoms with E-state index < -0.39 is 5.97 Å². The van der Waals surface area contributed by atoms with Crippen molar-refractivity contribution in [1.82, 2.24) is 14.8 Å². The van der Waals surface area contributed by atoms with Gasteiger partial charge in [0, 0.05) is 17.4 Å². The number of hydrogen-bond donors (Lipinski definition) is 0. The number of carbonyl (C=O) groups is 1. The van der Waals surface area contributed by atoms with Gasteiger partial charge < -0.3 is 14.6 Å². The maximum absolute atomic E-state index is 10.7. The van der Waals surface area contributed by atoms with Crippen molar-refractivity contribution < 1.29 is 14.6 Å². The molecule has 0 aliphatic carbocycles. The second-order valence-corrected chi connectivity index (χ2v) is 6.89. The number of rotatable bonds is 9. The van der Waals surface area contributed by atoms with Crippen LogP contribution in [0.25, 0.3) is 5.69 Å². The number of ether oxygens (including phenoxy) is 1. The highest BCUT2D eigenvalue weighted by Gasteiger charge is 2.15. The monoisotopic (exact) mass is 382 g/mol. The van der Waals surface area contributed by atoms with Crippen molar-refractivity contribution in [2.75, 3.05) is 5.75 Å². The van der Waals surface area contributed by atoms with Crippen LogP contribution in [0.3, 0.4) is 0 Å². The molecule has 2 aromatic carbocycles. The lowest BCUT2D eigenvalue weighted by Crippen LogP contribution is -2.22. The van der Waals surface area contributed by atoms with Crippen LogP contribution >= 0.6 is 11.8 Å². The predicted molar refractivity (Wildman–Crippen MR) is 102 cm³/mol. The fourth-order valence-electron chi connectivity index (χ4n) is 2.52. The Morgan fingerprint density at radius 1 is 1.11 bits per heavy atom. The van der Waals surface area contributed by atoms with Gasteiger partial charge in [-0.15, -0.1) is 10.2 Å². The first-order valence-corrected chi connectivity index (χ1v) is 9.70. The van der Waals surface area contributed by atoms with Gasteiger partial charge in [0.1, 0.15) is 12.4 Å². The van der Waals surface area contributed by atoms with Crippen LogP contribution in [0.15, 0.2) is 59.8 Å². The normalized spacial score (nSPS) is 10.7. The number of aryl methyl sites for hydroxylation is 1. The smallest absolute Gasteiger partial charge is 0.195 e. The summed E-state index contributed by atoms with van der Waals surface area (Å²) >= 11 is 1.33. The van der Waals surface area contributed by atoms with Gasteiger partial charge in [0.2, 0.25) is 0 Å². The first kappa shape index (κ1) is 19.0. The Kier molecular flexibility index (Phi) is 6.49. The molecule has 0 atom stereocenters. The van der Waals surface area contributed by atoms with Gasteiger partial charge in [-0.2, -0.15) is 0 Å². The lowest BCUT2D eigenvalue weighted by molar-refractivity contribution is -0.305. The number of carbonyl (C=O) groups excluding carboxylic acids is 1. The fourth-order valence-corrected chi connectivity index (χ4v) is 3.41. The van der Waals surface area contributed by atoms with Crippen molar-refractivity contribution in [2.45, 2.75) is 31.5 Å². The minimum Gasteiger partial charge on any atom is -0.550 e. The number of carboxylic acids is 1. The van der Waals surface area contributed by atoms with Crippen LogP contribution < -0.4 is 9.84 Å². The quantitative estimate of drug-likeness (QED) is 0.529. The van der Waals surface area contributed by atoms with Gasteiger partial charge in [-0.05, 0) is 42.7 Å². The number of carboxylic acid groups (broad SMARTS) is 1. The number of benzene rings is 2. The zero-order valence-corrected chi connectivity index (χ0v) is 15.8. The first-order chi connectivity index (χ1) is 13.2. The van der Waals surface area contributed by atoms with Gasteiger partial charge in [-0.3, -0.25) is 4.57 Å². The average molecular weight is 382 g/mol. The molecule has 0 fully saturated rings. The number of nitrogens with zero attached hydrogens (tertiary/aromatic N) is 3. The third kappa shape index (κ3) is 5.10. The molecule has 0 amide bonds. The molecule has 1 aromatic heterocycles. The zero-order chi connectivity index (χ0) is 19.1. The summed E-state index contributed by atoms with van der Waals surface area (Å²) in [6.45, 7) is 2.37. The van der Waals surface area contributed by atoms with Crippen LogP contribution in [-0.4, -0.2) is 26.5 Å². The van der Waals surface area contributed by atoms with Crippen molar-refractivity contribution in [3.63, 3.8) is 0 Å². The van der Waals surface area contributed by atoms with E-state index in [9.17, 15) is 9.90 Å². The molecule has 0 aliphatic rings. The Morgan fingerprint density at radius 3 is 2.52 bits per heavy atom. The minimum absolute atomic E-state index is 0.0398. The summed E-state index contributed by atoms with van der Waals surface area (Å²) in [5, 5.41) is 19.7. The van der Waals surface area contributed by atoms with E-state index in [2.05, 4.69) is 17.1 Å². The van der Waals surface area contributed by atoms with E-state index in [1.54, 1.807) is 0 Å². The summed E-state index contributed by atoms with van der Waals surface area (Å²) < 4.78 is 7.76. The molecule has 0 unspecified atom stereocenters. The predicted octanol–water partition coefficient (Wildman–Crippen LogP) is 2.64. The Bertz CT molecular complexity index is 879. The van der Waals surface area contributed by atoms with Gasteiger partial charge in [0.05, 0.1) is 0 Å². The van der Waals surface area contributed by atoms with Gasteiger partial charge >= 0.3 is 0 Å². The summed E-state index contributed by atoms with van der Waals surface area (Å²) in [6, 6.07) is 17.7. The number of aromatic nitrogens is 3. The van der Waals surface area contributed by atoms with Crippen LogP contribution in [0.4, 0.5) is 0 Å². The summed E-state index contributed by atoms with van der Waals surface area (Å²) in [6.07, 6.45) is 0.941. The molecule has 3 rings (SSSR count). The van der Waals surface area contributed by atoms with Crippen LogP contribution in [0.5, 0.6) is 5.75 Å². The van der Waals surface area contributed by atoms with Gasteiger partial charge in [0.25, 0.3) is 0 Å². The third-order valence-corrected chi connectivity index (χ3v) is 4.88. The Balaban J connectivity index is 1.78. The Morgan fingerprint density at radius 2 is 1.85 bits per heavy atom. The van der Waals surface area contributed by atoms with Crippen LogP contribution in [-0.2, 0) is 17.8 Å². The second kappa shape index (κ2) is 9.23.